The molecule has 1 heterocycles. The van der Waals surface area contributed by atoms with Gasteiger partial charge in [-0.15, -0.1) is 0 Å². The lowest BCUT2D eigenvalue weighted by atomic mass is 10.3. The number of aromatic nitrogens is 2. The van der Waals surface area contributed by atoms with Crippen LogP contribution >= 0.6 is 23.2 Å². The first-order valence-corrected chi connectivity index (χ1v) is 9.31. The number of halogens is 2. The molecule has 2 aromatic carbocycles. The zero-order valence-corrected chi connectivity index (χ0v) is 17.1. The van der Waals surface area contributed by atoms with Crippen molar-refractivity contribution in [3.05, 3.63) is 80.1 Å². The molecule has 0 fully saturated rings. The summed E-state index contributed by atoms with van der Waals surface area (Å²) in [4.78, 5) is 22.3. The van der Waals surface area contributed by atoms with Crippen LogP contribution in [0.3, 0.4) is 0 Å². The molecule has 11 heteroatoms. The molecule has 0 unspecified atom stereocenters. The molecule has 0 saturated heterocycles. The fraction of sp³-hybridized carbons (Fsp3) is 0.105. The van der Waals surface area contributed by atoms with Gasteiger partial charge in [-0.3, -0.25) is 14.9 Å². The van der Waals surface area contributed by atoms with Gasteiger partial charge >= 0.3 is 5.69 Å². The van der Waals surface area contributed by atoms with Crippen molar-refractivity contribution in [2.45, 2.75) is 6.92 Å². The maximum Gasteiger partial charge on any atom is 0.312 e. The van der Waals surface area contributed by atoms with E-state index in [4.69, 9.17) is 27.9 Å². The van der Waals surface area contributed by atoms with Gasteiger partial charge in [-0.2, -0.15) is 10.2 Å². The average molecular weight is 448 g/mol. The Balaban J connectivity index is 1.63. The molecule has 0 aliphatic carbocycles. The third-order valence-electron chi connectivity index (χ3n) is 3.91. The summed E-state index contributed by atoms with van der Waals surface area (Å²) >= 11 is 12.1. The Morgan fingerprint density at radius 3 is 2.73 bits per heavy atom. The van der Waals surface area contributed by atoms with Crippen LogP contribution in [0.5, 0.6) is 5.75 Å². The minimum atomic E-state index is -0.646. The number of carbonyl (C=O) groups is 1. The van der Waals surface area contributed by atoms with Crippen molar-refractivity contribution in [3.8, 4) is 11.4 Å². The van der Waals surface area contributed by atoms with Crippen molar-refractivity contribution in [1.82, 2.24) is 15.2 Å². The van der Waals surface area contributed by atoms with Crippen LogP contribution in [0.15, 0.2) is 53.6 Å². The predicted molar refractivity (Wildman–Crippen MR) is 113 cm³/mol. The second-order valence-electron chi connectivity index (χ2n) is 5.99. The van der Waals surface area contributed by atoms with Crippen molar-refractivity contribution in [2.75, 3.05) is 6.61 Å². The van der Waals surface area contributed by atoms with E-state index in [0.717, 1.165) is 11.8 Å². The van der Waals surface area contributed by atoms with E-state index in [1.54, 1.807) is 11.6 Å². The van der Waals surface area contributed by atoms with Crippen molar-refractivity contribution in [3.63, 3.8) is 0 Å². The van der Waals surface area contributed by atoms with Gasteiger partial charge in [0.1, 0.15) is 5.15 Å². The molecule has 0 spiro atoms. The number of amides is 1. The van der Waals surface area contributed by atoms with E-state index in [2.05, 4.69) is 15.6 Å². The summed E-state index contributed by atoms with van der Waals surface area (Å²) in [5.41, 5.74) is 3.88. The average Bonchev–Trinajstić information content (AvgIpc) is 3.01. The normalized spacial score (nSPS) is 10.9. The smallest absolute Gasteiger partial charge is 0.312 e. The molecular formula is C19H15Cl2N5O4. The predicted octanol–water partition coefficient (Wildman–Crippen LogP) is 3.92. The molecule has 0 atom stereocenters. The van der Waals surface area contributed by atoms with Crippen molar-refractivity contribution in [1.29, 1.82) is 0 Å². The van der Waals surface area contributed by atoms with Crippen LogP contribution in [-0.2, 0) is 4.79 Å². The lowest BCUT2D eigenvalue weighted by molar-refractivity contribution is -0.385. The topological polar surface area (TPSA) is 112 Å². The van der Waals surface area contributed by atoms with Gasteiger partial charge in [0.15, 0.2) is 12.4 Å². The van der Waals surface area contributed by atoms with Gasteiger partial charge < -0.3 is 4.74 Å². The van der Waals surface area contributed by atoms with E-state index in [1.807, 2.05) is 30.3 Å². The molecule has 0 aliphatic heterocycles. The maximum absolute atomic E-state index is 12.0. The molecule has 0 radical (unpaired) electrons. The first-order valence-electron chi connectivity index (χ1n) is 8.56. The van der Waals surface area contributed by atoms with E-state index in [-0.39, 0.29) is 16.5 Å². The van der Waals surface area contributed by atoms with E-state index in [9.17, 15) is 14.9 Å². The molecule has 154 valence electrons. The Kier molecular flexibility index (Phi) is 6.65. The molecule has 0 saturated carbocycles. The monoisotopic (exact) mass is 447 g/mol. The highest BCUT2D eigenvalue weighted by Gasteiger charge is 2.17. The number of nitro groups is 1. The Morgan fingerprint density at radius 2 is 2.03 bits per heavy atom. The lowest BCUT2D eigenvalue weighted by Gasteiger charge is -2.06. The fourth-order valence-electron chi connectivity index (χ4n) is 2.50. The van der Waals surface area contributed by atoms with E-state index >= 15 is 0 Å². The Bertz CT molecular complexity index is 1120. The first-order chi connectivity index (χ1) is 14.4. The number of nitrogens with zero attached hydrogens (tertiary/aromatic N) is 4. The number of nitro benzene ring substituents is 1. The second kappa shape index (κ2) is 9.38. The zero-order chi connectivity index (χ0) is 21.7. The number of ether oxygens (including phenoxy) is 1. The Hall–Kier alpha value is -3.43. The number of para-hydroxylation sites is 1. The molecule has 1 aromatic heterocycles. The van der Waals surface area contributed by atoms with Gasteiger partial charge in [0.2, 0.25) is 0 Å². The van der Waals surface area contributed by atoms with E-state index < -0.39 is 17.4 Å². The molecular weight excluding hydrogens is 433 g/mol. The van der Waals surface area contributed by atoms with Gasteiger partial charge in [0.05, 0.1) is 28.1 Å². The highest BCUT2D eigenvalue weighted by Crippen LogP contribution is 2.29. The molecule has 1 N–H and O–H groups in total. The summed E-state index contributed by atoms with van der Waals surface area (Å²) in [6.07, 6.45) is 1.37. The standard InChI is InChI=1S/C19H15Cl2N5O4/c1-12-15(19(21)25(24-12)14-5-3-2-4-6-14)10-22-23-18(27)11-30-17-8-7-13(20)9-16(17)26(28)29/h2-10H,11H2,1H3,(H,23,27)/b22-10+. The fourth-order valence-corrected chi connectivity index (χ4v) is 2.99. The summed E-state index contributed by atoms with van der Waals surface area (Å²) in [6.45, 7) is 1.28. The van der Waals surface area contributed by atoms with E-state index in [0.29, 0.717) is 16.4 Å². The van der Waals surface area contributed by atoms with Crippen molar-refractivity contribution >= 4 is 41.0 Å². The van der Waals surface area contributed by atoms with Crippen LogP contribution in [-0.4, -0.2) is 33.4 Å². The van der Waals surface area contributed by atoms with Crippen LogP contribution < -0.4 is 10.2 Å². The number of hydrogen-bond donors (Lipinski definition) is 1. The Morgan fingerprint density at radius 1 is 1.30 bits per heavy atom. The minimum absolute atomic E-state index is 0.0773. The molecule has 3 rings (SSSR count). The Labute approximate surface area is 181 Å². The highest BCUT2D eigenvalue weighted by atomic mass is 35.5. The van der Waals surface area contributed by atoms with Gasteiger partial charge in [-0.25, -0.2) is 10.1 Å². The van der Waals surface area contributed by atoms with Crippen LogP contribution in [0.25, 0.3) is 5.69 Å². The van der Waals surface area contributed by atoms with Crippen LogP contribution in [0.2, 0.25) is 10.2 Å². The summed E-state index contributed by atoms with van der Waals surface area (Å²) in [5, 5.41) is 19.8. The molecule has 3 aromatic rings. The number of benzene rings is 2. The number of hydrogen-bond acceptors (Lipinski definition) is 6. The first kappa shape index (κ1) is 21.3. The maximum atomic E-state index is 12.0. The molecule has 1 amide bonds. The van der Waals surface area contributed by atoms with Gasteiger partial charge in [-0.1, -0.05) is 41.4 Å². The summed E-state index contributed by atoms with van der Waals surface area (Å²) in [5.74, 6) is -0.689. The minimum Gasteiger partial charge on any atom is -0.477 e. The number of rotatable bonds is 7. The van der Waals surface area contributed by atoms with Gasteiger partial charge in [-0.05, 0) is 31.2 Å². The number of aryl methyl sites for hydroxylation is 1. The molecule has 0 bridgehead atoms. The van der Waals surface area contributed by atoms with Crippen LogP contribution in [0.1, 0.15) is 11.3 Å². The third kappa shape index (κ3) is 4.94. The number of carbonyl (C=O) groups excluding carboxylic acids is 1. The quantitative estimate of drug-likeness (QED) is 0.335. The van der Waals surface area contributed by atoms with Crippen molar-refractivity contribution in [2.24, 2.45) is 5.10 Å². The van der Waals surface area contributed by atoms with Gasteiger partial charge in [0.25, 0.3) is 5.91 Å². The van der Waals surface area contributed by atoms with Crippen LogP contribution in [0.4, 0.5) is 5.69 Å². The zero-order valence-electron chi connectivity index (χ0n) is 15.6. The molecule has 9 nitrogen and oxygen atoms in total. The largest absolute Gasteiger partial charge is 0.477 e. The van der Waals surface area contributed by atoms with Crippen LogP contribution in [0, 0.1) is 17.0 Å². The number of nitrogens with one attached hydrogen (secondary N) is 1. The highest BCUT2D eigenvalue weighted by molar-refractivity contribution is 6.32. The molecule has 0 aliphatic rings. The van der Waals surface area contributed by atoms with E-state index in [1.165, 1.54) is 18.3 Å². The third-order valence-corrected chi connectivity index (χ3v) is 4.51. The SMILES string of the molecule is Cc1nn(-c2ccccc2)c(Cl)c1/C=N/NC(=O)COc1ccc(Cl)cc1[N+](=O)[O-]. The van der Waals surface area contributed by atoms with Gasteiger partial charge in [0, 0.05) is 11.1 Å². The lowest BCUT2D eigenvalue weighted by Crippen LogP contribution is -2.24. The summed E-state index contributed by atoms with van der Waals surface area (Å²) in [7, 11) is 0. The van der Waals surface area contributed by atoms with Crippen molar-refractivity contribution < 1.29 is 14.5 Å². The second-order valence-corrected chi connectivity index (χ2v) is 6.78. The summed E-state index contributed by atoms with van der Waals surface area (Å²) < 4.78 is 6.76. The molecule has 30 heavy (non-hydrogen) atoms. The number of hydrazone groups is 1. The summed E-state index contributed by atoms with van der Waals surface area (Å²) in [6, 6.07) is 13.2.